The molecule has 5 rings (SSSR count). The van der Waals surface area contributed by atoms with Crippen molar-refractivity contribution in [2.24, 2.45) is 0 Å². The molecule has 0 radical (unpaired) electrons. The van der Waals surface area contributed by atoms with E-state index in [2.05, 4.69) is 11.4 Å². The fraction of sp³-hybridized carbons (Fsp3) is 0.120. The van der Waals surface area contributed by atoms with Gasteiger partial charge in [-0.05, 0) is 60.5 Å². The number of rotatable bonds is 5. The number of anilines is 1. The van der Waals surface area contributed by atoms with Gasteiger partial charge in [0.05, 0.1) is 6.61 Å². The van der Waals surface area contributed by atoms with E-state index in [1.54, 1.807) is 12.1 Å². The van der Waals surface area contributed by atoms with Crippen molar-refractivity contribution < 1.29 is 9.13 Å². The van der Waals surface area contributed by atoms with Crippen LogP contribution in [0.2, 0.25) is 0 Å². The molecule has 0 saturated carbocycles. The van der Waals surface area contributed by atoms with E-state index in [1.165, 1.54) is 12.1 Å². The average Bonchev–Trinajstić information content (AvgIpc) is 3.25. The van der Waals surface area contributed by atoms with Gasteiger partial charge >= 0.3 is 0 Å². The second-order valence-electron chi connectivity index (χ2n) is 7.23. The van der Waals surface area contributed by atoms with E-state index in [4.69, 9.17) is 14.8 Å². The number of hydrogen-bond donors (Lipinski definition) is 1. The van der Waals surface area contributed by atoms with Gasteiger partial charge in [0.25, 0.3) is 0 Å². The lowest BCUT2D eigenvalue weighted by Gasteiger charge is -2.24. The minimum atomic E-state index is -0.266. The van der Waals surface area contributed by atoms with Gasteiger partial charge in [-0.15, -0.1) is 5.10 Å². The van der Waals surface area contributed by atoms with E-state index < -0.39 is 0 Å². The van der Waals surface area contributed by atoms with Crippen molar-refractivity contribution in [1.82, 2.24) is 14.8 Å². The summed E-state index contributed by atoms with van der Waals surface area (Å²) >= 11 is 0. The fourth-order valence-corrected chi connectivity index (χ4v) is 3.67. The highest BCUT2D eigenvalue weighted by Gasteiger charge is 2.25. The number of aromatic nitrogens is 3. The third kappa shape index (κ3) is 3.80. The molecule has 0 fully saturated rings. The lowest BCUT2D eigenvalue weighted by molar-refractivity contribution is 0.340. The summed E-state index contributed by atoms with van der Waals surface area (Å²) < 4.78 is 20.9. The molecule has 5 nitrogen and oxygen atoms in total. The van der Waals surface area contributed by atoms with E-state index in [0.717, 1.165) is 28.1 Å². The number of benzene rings is 3. The molecule has 0 spiro atoms. The van der Waals surface area contributed by atoms with Crippen LogP contribution in [-0.4, -0.2) is 21.4 Å². The zero-order chi connectivity index (χ0) is 21.2. The quantitative estimate of drug-likeness (QED) is 0.468. The molecule has 0 bridgehead atoms. The van der Waals surface area contributed by atoms with Gasteiger partial charge in [0.2, 0.25) is 5.95 Å². The van der Waals surface area contributed by atoms with Crippen LogP contribution in [0.25, 0.3) is 17.1 Å². The van der Waals surface area contributed by atoms with Gasteiger partial charge in [-0.2, -0.15) is 4.98 Å². The Morgan fingerprint density at radius 3 is 2.39 bits per heavy atom. The summed E-state index contributed by atoms with van der Waals surface area (Å²) in [5.41, 5.74) is 3.74. The monoisotopic (exact) mass is 412 g/mol. The van der Waals surface area contributed by atoms with Crippen LogP contribution in [0.3, 0.4) is 0 Å². The van der Waals surface area contributed by atoms with Crippen LogP contribution in [0.15, 0.2) is 84.9 Å². The summed E-state index contributed by atoms with van der Waals surface area (Å²) in [4.78, 5) is 4.74. The minimum absolute atomic E-state index is 0.169. The first-order valence-electron chi connectivity index (χ1n) is 10.2. The summed E-state index contributed by atoms with van der Waals surface area (Å²) in [6.45, 7) is 2.58. The maximum absolute atomic E-state index is 13.4. The van der Waals surface area contributed by atoms with Crippen LogP contribution in [0.5, 0.6) is 5.75 Å². The van der Waals surface area contributed by atoms with Crippen molar-refractivity contribution in [1.29, 1.82) is 0 Å². The third-order valence-electron chi connectivity index (χ3n) is 5.19. The molecule has 1 aliphatic heterocycles. The largest absolute Gasteiger partial charge is 0.494 e. The molecule has 4 aromatic rings. The molecular formula is C25H21FN4O. The molecule has 1 aromatic heterocycles. The summed E-state index contributed by atoms with van der Waals surface area (Å²) in [6.07, 6.45) is 2.08. The number of hydrogen-bond acceptors (Lipinski definition) is 4. The maximum atomic E-state index is 13.4. The van der Waals surface area contributed by atoms with E-state index in [0.29, 0.717) is 18.4 Å². The van der Waals surface area contributed by atoms with Gasteiger partial charge in [0.15, 0.2) is 5.82 Å². The van der Waals surface area contributed by atoms with Crippen LogP contribution >= 0.6 is 0 Å². The number of fused-ring (bicyclic) bond motifs is 1. The molecule has 3 aromatic carbocycles. The van der Waals surface area contributed by atoms with Crippen LogP contribution < -0.4 is 10.1 Å². The van der Waals surface area contributed by atoms with Gasteiger partial charge in [0.1, 0.15) is 17.6 Å². The first-order valence-corrected chi connectivity index (χ1v) is 10.2. The van der Waals surface area contributed by atoms with Crippen LogP contribution in [0.1, 0.15) is 24.1 Å². The second kappa shape index (κ2) is 8.07. The Bertz CT molecular complexity index is 1210. The molecule has 1 atom stereocenters. The van der Waals surface area contributed by atoms with E-state index in [1.807, 2.05) is 66.2 Å². The zero-order valence-electron chi connectivity index (χ0n) is 17.0. The predicted octanol–water partition coefficient (Wildman–Crippen LogP) is 5.54. The van der Waals surface area contributed by atoms with Crippen molar-refractivity contribution >= 4 is 11.6 Å². The summed E-state index contributed by atoms with van der Waals surface area (Å²) in [5.74, 6) is 1.84. The topological polar surface area (TPSA) is 52.0 Å². The van der Waals surface area contributed by atoms with Crippen molar-refractivity contribution in [3.63, 3.8) is 0 Å². The van der Waals surface area contributed by atoms with Crippen molar-refractivity contribution in [3.05, 3.63) is 102 Å². The van der Waals surface area contributed by atoms with Gasteiger partial charge in [-0.3, -0.25) is 0 Å². The lowest BCUT2D eigenvalue weighted by Crippen LogP contribution is -2.20. The molecule has 31 heavy (non-hydrogen) atoms. The van der Waals surface area contributed by atoms with E-state index >= 15 is 0 Å². The summed E-state index contributed by atoms with van der Waals surface area (Å²) in [5, 5.41) is 8.14. The molecule has 0 amide bonds. The standard InChI is InChI=1S/C25H21FN4O/c1-2-31-21-14-10-18(11-15-21)23-16-22(17-8-12-20(26)13-9-17)27-25-28-24(29-30(23)25)19-6-4-3-5-7-19/h3-16,23H,2H2,1H3,(H,27,28,29). The second-order valence-corrected chi connectivity index (χ2v) is 7.23. The number of allylic oxidation sites excluding steroid dienone is 1. The maximum Gasteiger partial charge on any atom is 0.227 e. The van der Waals surface area contributed by atoms with Crippen molar-refractivity contribution in [2.75, 3.05) is 11.9 Å². The molecule has 1 aliphatic rings. The molecule has 0 aliphatic carbocycles. The summed E-state index contributed by atoms with van der Waals surface area (Å²) in [6, 6.07) is 24.1. The molecular weight excluding hydrogens is 391 g/mol. The first-order chi connectivity index (χ1) is 15.2. The van der Waals surface area contributed by atoms with Crippen LogP contribution in [-0.2, 0) is 0 Å². The Kier molecular flexibility index (Phi) is 4.96. The average molecular weight is 412 g/mol. The highest BCUT2D eigenvalue weighted by Crippen LogP contribution is 2.34. The van der Waals surface area contributed by atoms with Gasteiger partial charge in [0, 0.05) is 11.3 Å². The number of nitrogens with one attached hydrogen (secondary N) is 1. The smallest absolute Gasteiger partial charge is 0.227 e. The van der Waals surface area contributed by atoms with E-state index in [-0.39, 0.29) is 11.9 Å². The molecule has 0 saturated heterocycles. The molecule has 1 unspecified atom stereocenters. The summed E-state index contributed by atoms with van der Waals surface area (Å²) in [7, 11) is 0. The number of halogens is 1. The Morgan fingerprint density at radius 2 is 1.68 bits per heavy atom. The molecule has 6 heteroatoms. The Balaban J connectivity index is 1.59. The zero-order valence-corrected chi connectivity index (χ0v) is 17.0. The Hall–Kier alpha value is -3.93. The SMILES string of the molecule is CCOc1ccc(C2C=C(c3ccc(F)cc3)Nc3nc(-c4ccccc4)nn32)cc1. The van der Waals surface area contributed by atoms with Crippen molar-refractivity contribution in [2.45, 2.75) is 13.0 Å². The Labute approximate surface area is 179 Å². The van der Waals surface area contributed by atoms with Gasteiger partial charge in [-0.25, -0.2) is 9.07 Å². The van der Waals surface area contributed by atoms with Gasteiger partial charge in [-0.1, -0.05) is 42.5 Å². The van der Waals surface area contributed by atoms with Crippen molar-refractivity contribution in [3.8, 4) is 17.1 Å². The highest BCUT2D eigenvalue weighted by atomic mass is 19.1. The molecule has 154 valence electrons. The minimum Gasteiger partial charge on any atom is -0.494 e. The Morgan fingerprint density at radius 1 is 0.935 bits per heavy atom. The third-order valence-corrected chi connectivity index (χ3v) is 5.19. The highest BCUT2D eigenvalue weighted by molar-refractivity contribution is 5.77. The normalized spacial score (nSPS) is 15.0. The first kappa shape index (κ1) is 19.1. The lowest BCUT2D eigenvalue weighted by atomic mass is 10.0. The van der Waals surface area contributed by atoms with Crippen LogP contribution in [0.4, 0.5) is 10.3 Å². The van der Waals surface area contributed by atoms with Gasteiger partial charge < -0.3 is 10.1 Å². The molecule has 2 heterocycles. The van der Waals surface area contributed by atoms with Crippen LogP contribution in [0, 0.1) is 5.82 Å². The number of nitrogens with zero attached hydrogens (tertiary/aromatic N) is 3. The fourth-order valence-electron chi connectivity index (χ4n) is 3.67. The predicted molar refractivity (Wildman–Crippen MR) is 119 cm³/mol. The molecule has 1 N–H and O–H groups in total. The van der Waals surface area contributed by atoms with E-state index in [9.17, 15) is 4.39 Å². The number of ether oxygens (including phenoxy) is 1.